The summed E-state index contributed by atoms with van der Waals surface area (Å²) in [5.41, 5.74) is 1.28. The first-order chi connectivity index (χ1) is 17.7. The number of carbonyl (C=O) groups excluding carboxylic acids is 3. The van der Waals surface area contributed by atoms with Crippen molar-refractivity contribution in [3.63, 3.8) is 0 Å². The monoisotopic (exact) mass is 533 g/mol. The van der Waals surface area contributed by atoms with Crippen molar-refractivity contribution in [3.8, 4) is 11.5 Å². The van der Waals surface area contributed by atoms with E-state index >= 15 is 0 Å². The molecule has 2 aromatic rings. The molecule has 0 aromatic heterocycles. The summed E-state index contributed by atoms with van der Waals surface area (Å²) in [6, 6.07) is 8.09. The van der Waals surface area contributed by atoms with Crippen molar-refractivity contribution in [2.24, 2.45) is 0 Å². The molecule has 3 rings (SSSR count). The van der Waals surface area contributed by atoms with Crippen LogP contribution in [0, 0.1) is 0 Å². The van der Waals surface area contributed by atoms with E-state index in [1.165, 1.54) is 38.4 Å². The molecule has 0 bridgehead atoms. The summed E-state index contributed by atoms with van der Waals surface area (Å²) in [5.74, 6) is -0.995. The first kappa shape index (κ1) is 27.9. The van der Waals surface area contributed by atoms with Crippen LogP contribution in [-0.2, 0) is 30.8 Å². The Hall–Kier alpha value is -3.64. The van der Waals surface area contributed by atoms with E-state index in [2.05, 4.69) is 10.0 Å². The number of benzene rings is 2. The van der Waals surface area contributed by atoms with Crippen molar-refractivity contribution in [3.05, 3.63) is 53.1 Å². The number of sulfonamides is 1. The molecule has 0 spiro atoms. The summed E-state index contributed by atoms with van der Waals surface area (Å²) >= 11 is 0. The zero-order valence-electron chi connectivity index (χ0n) is 21.2. The minimum absolute atomic E-state index is 0.0544. The molecule has 1 aliphatic heterocycles. The molecule has 1 atom stereocenters. The lowest BCUT2D eigenvalue weighted by atomic mass is 9.91. The van der Waals surface area contributed by atoms with Crippen LogP contribution in [0.4, 0.5) is 0 Å². The average Bonchev–Trinajstić information content (AvgIpc) is 2.92. The SMILES string of the molecule is CCCNC(=O)CNS(=O)(=O)c1cc2c(cc1OC)CCN(C(=O)c1ccc(OC)cc1)C2C(=O)OC. The van der Waals surface area contributed by atoms with Gasteiger partial charge in [-0.15, -0.1) is 0 Å². The van der Waals surface area contributed by atoms with Crippen molar-refractivity contribution in [1.82, 2.24) is 14.9 Å². The zero-order chi connectivity index (χ0) is 27.2. The summed E-state index contributed by atoms with van der Waals surface area (Å²) < 4.78 is 44.0. The molecule has 2 amide bonds. The minimum atomic E-state index is -4.22. The van der Waals surface area contributed by atoms with Gasteiger partial charge in [0.1, 0.15) is 16.4 Å². The van der Waals surface area contributed by atoms with Crippen LogP contribution in [0.25, 0.3) is 0 Å². The molecule has 11 nitrogen and oxygen atoms in total. The van der Waals surface area contributed by atoms with Crippen molar-refractivity contribution >= 4 is 27.8 Å². The third-order valence-corrected chi connectivity index (χ3v) is 7.38. The van der Waals surface area contributed by atoms with Gasteiger partial charge in [-0.2, -0.15) is 0 Å². The highest BCUT2D eigenvalue weighted by Gasteiger charge is 2.39. The second-order valence-electron chi connectivity index (χ2n) is 8.28. The first-order valence-electron chi connectivity index (χ1n) is 11.7. The van der Waals surface area contributed by atoms with Gasteiger partial charge in [0.05, 0.1) is 27.9 Å². The second-order valence-corrected chi connectivity index (χ2v) is 10.0. The Morgan fingerprint density at radius 1 is 1.05 bits per heavy atom. The molecule has 0 saturated carbocycles. The molecule has 0 radical (unpaired) electrons. The Bertz CT molecular complexity index is 1260. The summed E-state index contributed by atoms with van der Waals surface area (Å²) in [4.78, 5) is 39.4. The highest BCUT2D eigenvalue weighted by Crippen LogP contribution is 2.37. The normalized spacial score (nSPS) is 14.9. The van der Waals surface area contributed by atoms with Crippen molar-refractivity contribution in [2.75, 3.05) is 41.0 Å². The van der Waals surface area contributed by atoms with Crippen LogP contribution in [0.1, 0.15) is 40.9 Å². The first-order valence-corrected chi connectivity index (χ1v) is 13.1. The van der Waals surface area contributed by atoms with E-state index in [1.54, 1.807) is 24.3 Å². The van der Waals surface area contributed by atoms with E-state index in [0.29, 0.717) is 41.8 Å². The van der Waals surface area contributed by atoms with Gasteiger partial charge in [-0.25, -0.2) is 17.9 Å². The predicted molar refractivity (Wildman–Crippen MR) is 134 cm³/mol. The fourth-order valence-corrected chi connectivity index (χ4v) is 5.21. The van der Waals surface area contributed by atoms with Crippen LogP contribution in [0.2, 0.25) is 0 Å². The van der Waals surface area contributed by atoms with E-state index in [0.717, 1.165) is 0 Å². The Morgan fingerprint density at radius 2 is 1.76 bits per heavy atom. The quantitative estimate of drug-likeness (QED) is 0.437. The maximum absolute atomic E-state index is 13.4. The molecular weight excluding hydrogens is 502 g/mol. The molecule has 1 heterocycles. The standard InChI is InChI=1S/C25H31N3O8S/c1-5-11-26-22(29)15-27-37(32,33)21-14-19-17(13-20(21)35-3)10-12-28(23(19)25(31)36-4)24(30)16-6-8-18(34-2)9-7-16/h6-9,13-14,23,27H,5,10-12,15H2,1-4H3,(H,26,29). The van der Waals surface area contributed by atoms with Crippen molar-refractivity contribution in [2.45, 2.75) is 30.7 Å². The summed E-state index contributed by atoms with van der Waals surface area (Å²) in [6.45, 7) is 2.03. The predicted octanol–water partition coefficient (Wildman–Crippen LogP) is 1.42. The van der Waals surface area contributed by atoms with E-state index in [4.69, 9.17) is 14.2 Å². The molecule has 2 aromatic carbocycles. The maximum atomic E-state index is 13.4. The lowest BCUT2D eigenvalue weighted by Crippen LogP contribution is -2.44. The molecule has 1 unspecified atom stereocenters. The molecule has 0 fully saturated rings. The molecule has 0 aliphatic carbocycles. The number of nitrogens with one attached hydrogen (secondary N) is 2. The highest BCUT2D eigenvalue weighted by molar-refractivity contribution is 7.89. The van der Waals surface area contributed by atoms with Crippen LogP contribution >= 0.6 is 0 Å². The van der Waals surface area contributed by atoms with Crippen LogP contribution in [0.3, 0.4) is 0 Å². The molecule has 1 aliphatic rings. The Morgan fingerprint density at radius 3 is 2.35 bits per heavy atom. The van der Waals surface area contributed by atoms with E-state index < -0.39 is 40.4 Å². The molecule has 2 N–H and O–H groups in total. The third-order valence-electron chi connectivity index (χ3n) is 5.96. The highest BCUT2D eigenvalue weighted by atomic mass is 32.2. The topological polar surface area (TPSA) is 140 Å². The number of carbonyl (C=O) groups is 3. The van der Waals surface area contributed by atoms with Gasteiger partial charge in [0.15, 0.2) is 6.04 Å². The largest absolute Gasteiger partial charge is 0.497 e. The van der Waals surface area contributed by atoms with Crippen molar-refractivity contribution in [1.29, 1.82) is 0 Å². The van der Waals surface area contributed by atoms with Gasteiger partial charge >= 0.3 is 5.97 Å². The van der Waals surface area contributed by atoms with E-state index in [1.807, 2.05) is 6.92 Å². The molecular formula is C25H31N3O8S. The van der Waals surface area contributed by atoms with Gasteiger partial charge < -0.3 is 24.4 Å². The summed E-state index contributed by atoms with van der Waals surface area (Å²) in [7, 11) is -0.176. The van der Waals surface area contributed by atoms with Gasteiger partial charge in [-0.05, 0) is 60.4 Å². The lowest BCUT2D eigenvalue weighted by molar-refractivity contribution is -0.146. The van der Waals surface area contributed by atoms with Gasteiger partial charge in [-0.3, -0.25) is 9.59 Å². The average molecular weight is 534 g/mol. The van der Waals surface area contributed by atoms with Crippen LogP contribution in [-0.4, -0.2) is 72.1 Å². The molecule has 37 heavy (non-hydrogen) atoms. The smallest absolute Gasteiger partial charge is 0.333 e. The van der Waals surface area contributed by atoms with Gasteiger partial charge in [0.25, 0.3) is 5.91 Å². The fourth-order valence-electron chi connectivity index (χ4n) is 4.05. The Balaban J connectivity index is 2.01. The number of amides is 2. The number of hydrogen-bond acceptors (Lipinski definition) is 8. The molecule has 0 saturated heterocycles. The maximum Gasteiger partial charge on any atom is 0.333 e. The van der Waals surface area contributed by atoms with Crippen LogP contribution in [0.5, 0.6) is 11.5 Å². The number of methoxy groups -OCH3 is 3. The third kappa shape index (κ3) is 6.20. The number of fused-ring (bicyclic) bond motifs is 1. The fraction of sp³-hybridized carbons (Fsp3) is 0.400. The zero-order valence-corrected chi connectivity index (χ0v) is 22.0. The van der Waals surface area contributed by atoms with Gasteiger partial charge in [0, 0.05) is 18.7 Å². The number of nitrogens with zero attached hydrogens (tertiary/aromatic N) is 1. The van der Waals surface area contributed by atoms with Crippen molar-refractivity contribution < 1.29 is 37.0 Å². The van der Waals surface area contributed by atoms with Gasteiger partial charge in [0.2, 0.25) is 15.9 Å². The summed E-state index contributed by atoms with van der Waals surface area (Å²) in [6.07, 6.45) is 1.06. The number of ether oxygens (including phenoxy) is 3. The second kappa shape index (κ2) is 12.1. The minimum Gasteiger partial charge on any atom is -0.497 e. The molecule has 12 heteroatoms. The molecule has 200 valence electrons. The number of rotatable bonds is 10. The number of esters is 1. The van der Waals surface area contributed by atoms with Gasteiger partial charge in [-0.1, -0.05) is 6.92 Å². The summed E-state index contributed by atoms with van der Waals surface area (Å²) in [5, 5.41) is 2.60. The van der Waals surface area contributed by atoms with Crippen LogP contribution < -0.4 is 19.5 Å². The Labute approximate surface area is 216 Å². The number of hydrogen-bond donors (Lipinski definition) is 2. The lowest BCUT2D eigenvalue weighted by Gasteiger charge is -2.36. The van der Waals surface area contributed by atoms with E-state index in [9.17, 15) is 22.8 Å². The Kier molecular flexibility index (Phi) is 9.11. The van der Waals surface area contributed by atoms with Crippen LogP contribution in [0.15, 0.2) is 41.3 Å². The van der Waals surface area contributed by atoms with E-state index in [-0.39, 0.29) is 17.2 Å².